The fourth-order valence-electron chi connectivity index (χ4n) is 4.81. The van der Waals surface area contributed by atoms with Crippen molar-refractivity contribution >= 4 is 11.8 Å². The lowest BCUT2D eigenvalue weighted by molar-refractivity contribution is -0.130. The van der Waals surface area contributed by atoms with Gasteiger partial charge in [0.25, 0.3) is 5.91 Å². The molecule has 2 atom stereocenters. The van der Waals surface area contributed by atoms with Crippen LogP contribution in [0.3, 0.4) is 0 Å². The Kier molecular flexibility index (Phi) is 11.0. The zero-order chi connectivity index (χ0) is 30.7. The Balaban J connectivity index is 1.82. The molecule has 0 aromatic heterocycles. The first-order chi connectivity index (χ1) is 20.9. The molecule has 226 valence electrons. The first-order valence-electron chi connectivity index (χ1n) is 14.3. The number of carbonyl (C=O) groups excluding carboxylic acids is 1. The van der Waals surface area contributed by atoms with E-state index in [2.05, 4.69) is 20.9 Å². The highest BCUT2D eigenvalue weighted by atomic mass is 16.5. The van der Waals surface area contributed by atoms with Gasteiger partial charge in [-0.1, -0.05) is 55.4 Å². The summed E-state index contributed by atoms with van der Waals surface area (Å²) in [5, 5.41) is 12.8. The van der Waals surface area contributed by atoms with Crippen LogP contribution < -0.4 is 20.3 Å². The second kappa shape index (κ2) is 15.1. The molecule has 0 saturated carbocycles. The predicted molar refractivity (Wildman–Crippen MR) is 164 cm³/mol. The molecule has 1 aliphatic heterocycles. The van der Waals surface area contributed by atoms with E-state index in [-0.39, 0.29) is 25.5 Å². The van der Waals surface area contributed by atoms with Gasteiger partial charge >= 0.3 is 0 Å². The first-order valence-corrected chi connectivity index (χ1v) is 14.3. The number of aliphatic imine (C=N–C) groups is 1. The Morgan fingerprint density at radius 1 is 1.12 bits per heavy atom. The molecule has 0 spiro atoms. The number of nitrogens with zero attached hydrogens (tertiary/aromatic N) is 4. The Morgan fingerprint density at radius 2 is 1.88 bits per heavy atom. The van der Waals surface area contributed by atoms with E-state index in [4.69, 9.17) is 29.8 Å². The van der Waals surface area contributed by atoms with Gasteiger partial charge in [0.1, 0.15) is 11.5 Å². The van der Waals surface area contributed by atoms with Crippen molar-refractivity contribution in [1.82, 2.24) is 10.9 Å². The summed E-state index contributed by atoms with van der Waals surface area (Å²) in [7, 11) is 1.59. The summed E-state index contributed by atoms with van der Waals surface area (Å²) < 4.78 is 17.8. The maximum Gasteiger partial charge on any atom is 0.266 e. The SMILES string of the molecule is COc1cccc([C@@H]2OC(c3ccc(OCCCO)cc3)=N[C@]2(Cc2ccccc2CN=[N+]=[N-])C(=O)NNCC(C)C)c1. The van der Waals surface area contributed by atoms with E-state index >= 15 is 0 Å². The van der Waals surface area contributed by atoms with Gasteiger partial charge in [-0.15, -0.1) is 0 Å². The quantitative estimate of drug-likeness (QED) is 0.0746. The Labute approximate surface area is 251 Å². The molecule has 11 nitrogen and oxygen atoms in total. The molecule has 0 unspecified atom stereocenters. The average molecular weight is 587 g/mol. The average Bonchev–Trinajstić information content (AvgIpc) is 3.41. The zero-order valence-corrected chi connectivity index (χ0v) is 24.7. The van der Waals surface area contributed by atoms with Gasteiger partial charge in [0.15, 0.2) is 11.6 Å². The molecule has 1 heterocycles. The van der Waals surface area contributed by atoms with Crippen molar-refractivity contribution in [3.8, 4) is 11.5 Å². The van der Waals surface area contributed by atoms with E-state index in [1.54, 1.807) is 19.2 Å². The third kappa shape index (κ3) is 7.84. The fraction of sp³-hybridized carbons (Fsp3) is 0.375. The summed E-state index contributed by atoms with van der Waals surface area (Å²) in [5.41, 5.74) is 16.5. The summed E-state index contributed by atoms with van der Waals surface area (Å²) in [6.07, 6.45) is -0.109. The molecule has 1 aliphatic rings. The molecule has 0 bridgehead atoms. The van der Waals surface area contributed by atoms with Gasteiger partial charge in [0.05, 0.1) is 20.3 Å². The molecule has 3 N–H and O–H groups in total. The molecule has 0 saturated heterocycles. The number of nitrogens with one attached hydrogen (secondary N) is 2. The Morgan fingerprint density at radius 3 is 2.58 bits per heavy atom. The van der Waals surface area contributed by atoms with Gasteiger partial charge < -0.3 is 19.3 Å². The maximum atomic E-state index is 14.3. The van der Waals surface area contributed by atoms with Crippen LogP contribution in [-0.4, -0.2) is 49.3 Å². The number of rotatable bonds is 15. The lowest BCUT2D eigenvalue weighted by Gasteiger charge is -2.31. The molecule has 3 aromatic carbocycles. The molecular weight excluding hydrogens is 548 g/mol. The van der Waals surface area contributed by atoms with Crippen LogP contribution >= 0.6 is 0 Å². The van der Waals surface area contributed by atoms with E-state index < -0.39 is 11.6 Å². The second-order valence-corrected chi connectivity index (χ2v) is 10.6. The molecule has 3 aromatic rings. The van der Waals surface area contributed by atoms with Crippen LogP contribution in [0.5, 0.6) is 11.5 Å². The van der Waals surface area contributed by atoms with E-state index in [1.165, 1.54) is 0 Å². The highest BCUT2D eigenvalue weighted by Crippen LogP contribution is 2.43. The minimum atomic E-state index is -1.44. The molecule has 4 rings (SSSR count). The molecule has 43 heavy (non-hydrogen) atoms. The number of aliphatic hydroxyl groups is 1. The molecule has 0 fully saturated rings. The van der Waals surface area contributed by atoms with Gasteiger partial charge in [-0.25, -0.2) is 10.4 Å². The predicted octanol–water partition coefficient (Wildman–Crippen LogP) is 5.04. The number of hydrazine groups is 1. The van der Waals surface area contributed by atoms with Crippen LogP contribution in [0.25, 0.3) is 10.4 Å². The largest absolute Gasteiger partial charge is 0.497 e. The van der Waals surface area contributed by atoms with Crippen molar-refractivity contribution in [2.45, 2.75) is 44.9 Å². The van der Waals surface area contributed by atoms with Gasteiger partial charge in [0.2, 0.25) is 5.90 Å². The van der Waals surface area contributed by atoms with Gasteiger partial charge in [-0.3, -0.25) is 10.2 Å². The first kappa shape index (κ1) is 31.4. The van der Waals surface area contributed by atoms with Crippen LogP contribution in [0.15, 0.2) is 82.9 Å². The Hall–Kier alpha value is -4.57. The Bertz CT molecular complexity index is 1450. The lowest BCUT2D eigenvalue weighted by Crippen LogP contribution is -2.54. The zero-order valence-electron chi connectivity index (χ0n) is 24.7. The number of aliphatic hydroxyl groups excluding tert-OH is 1. The van der Waals surface area contributed by atoms with Crippen molar-refractivity contribution in [2.24, 2.45) is 16.0 Å². The van der Waals surface area contributed by atoms with Gasteiger partial charge in [0, 0.05) is 36.5 Å². The van der Waals surface area contributed by atoms with Gasteiger partial charge in [-0.2, -0.15) is 0 Å². The summed E-state index contributed by atoms with van der Waals surface area (Å²) in [5.74, 6) is 1.51. The van der Waals surface area contributed by atoms with Crippen molar-refractivity contribution in [2.75, 3.05) is 26.9 Å². The number of hydrogen-bond donors (Lipinski definition) is 3. The minimum Gasteiger partial charge on any atom is -0.497 e. The van der Waals surface area contributed by atoms with Crippen LogP contribution in [0.2, 0.25) is 0 Å². The minimum absolute atomic E-state index is 0.0521. The van der Waals surface area contributed by atoms with E-state index in [9.17, 15) is 4.79 Å². The van der Waals surface area contributed by atoms with Crippen LogP contribution in [0.1, 0.15) is 48.6 Å². The number of carbonyl (C=O) groups is 1. The fourth-order valence-corrected chi connectivity index (χ4v) is 4.81. The van der Waals surface area contributed by atoms with E-state index in [0.29, 0.717) is 54.0 Å². The number of benzene rings is 3. The smallest absolute Gasteiger partial charge is 0.266 e. The third-order valence-corrected chi connectivity index (χ3v) is 7.02. The summed E-state index contributed by atoms with van der Waals surface area (Å²) in [6.45, 7) is 5.24. The van der Waals surface area contributed by atoms with Crippen LogP contribution in [0.4, 0.5) is 0 Å². The molecule has 1 amide bonds. The van der Waals surface area contributed by atoms with Crippen molar-refractivity contribution in [3.63, 3.8) is 0 Å². The van der Waals surface area contributed by atoms with Crippen molar-refractivity contribution in [3.05, 3.63) is 105 Å². The standard InChI is InChI=1S/C32H38N6O5/c1-22(2)20-34-37-31(40)32(19-25-8-4-5-9-26(25)21-35-38-33)29(24-10-6-11-28(18-24)41-3)43-30(36-32)23-12-14-27(15-13-23)42-17-7-16-39/h4-6,8-15,18,22,29,34,39H,7,16-17,19-21H2,1-3H3,(H,37,40)/t29-,32-/m0/s1. The molecule has 11 heteroatoms. The van der Waals surface area contributed by atoms with E-state index in [1.807, 2.05) is 74.5 Å². The number of amides is 1. The highest BCUT2D eigenvalue weighted by Gasteiger charge is 2.53. The van der Waals surface area contributed by atoms with Crippen LogP contribution in [0, 0.1) is 5.92 Å². The van der Waals surface area contributed by atoms with Crippen LogP contribution in [-0.2, 0) is 22.5 Å². The third-order valence-electron chi connectivity index (χ3n) is 7.02. The molecular formula is C32H38N6O5. The molecule has 0 radical (unpaired) electrons. The number of azide groups is 1. The number of hydrogen-bond acceptors (Lipinski definition) is 8. The summed E-state index contributed by atoms with van der Waals surface area (Å²) in [4.78, 5) is 22.3. The topological polar surface area (TPSA) is 150 Å². The van der Waals surface area contributed by atoms with Crippen molar-refractivity contribution in [1.29, 1.82) is 0 Å². The summed E-state index contributed by atoms with van der Waals surface area (Å²) in [6, 6.07) is 22.2. The normalized spacial score (nSPS) is 17.5. The number of ether oxygens (including phenoxy) is 3. The van der Waals surface area contributed by atoms with Crippen molar-refractivity contribution < 1.29 is 24.1 Å². The monoisotopic (exact) mass is 586 g/mol. The van der Waals surface area contributed by atoms with Gasteiger partial charge in [-0.05, 0) is 64.5 Å². The number of methoxy groups -OCH3 is 1. The lowest BCUT2D eigenvalue weighted by atomic mass is 9.81. The summed E-state index contributed by atoms with van der Waals surface area (Å²) >= 11 is 0. The second-order valence-electron chi connectivity index (χ2n) is 10.6. The van der Waals surface area contributed by atoms with E-state index in [0.717, 1.165) is 11.1 Å². The maximum absolute atomic E-state index is 14.3. The highest BCUT2D eigenvalue weighted by molar-refractivity contribution is 6.01. The molecule has 0 aliphatic carbocycles.